The number of benzene rings is 1. The number of H-pyrrole nitrogens is 1. The molecule has 1 aromatic heterocycles. The van der Waals surface area contributed by atoms with E-state index in [1.54, 1.807) is 6.20 Å². The highest BCUT2D eigenvalue weighted by Crippen LogP contribution is 2.23. The number of aliphatic hydroxyl groups excluding tert-OH is 4. The lowest BCUT2D eigenvalue weighted by atomic mass is 9.99. The normalized spacial score (nSPS) is 30.4. The third kappa shape index (κ3) is 3.14. The van der Waals surface area contributed by atoms with Gasteiger partial charge in [0, 0.05) is 17.1 Å². The van der Waals surface area contributed by atoms with E-state index in [1.165, 1.54) is 0 Å². The summed E-state index contributed by atoms with van der Waals surface area (Å²) in [6.07, 6.45) is -5.61. The molecule has 0 bridgehead atoms. The SMILES string of the molecule is O=C(Cc1c[nH]c2ccccc12)O[C@@H]1[C@@H](O)[C@H](O)[C@@H](CO)O[C@@H]1O. The molecule has 3 rings (SSSR count). The number of aromatic amines is 1. The van der Waals surface area contributed by atoms with Crippen LogP contribution in [0, 0.1) is 0 Å². The Labute approximate surface area is 137 Å². The first kappa shape index (κ1) is 16.9. The maximum Gasteiger partial charge on any atom is 0.310 e. The third-order valence-corrected chi connectivity index (χ3v) is 4.12. The predicted molar refractivity (Wildman–Crippen MR) is 81.9 cm³/mol. The Hall–Kier alpha value is -1.97. The van der Waals surface area contributed by atoms with Crippen LogP contribution in [0.5, 0.6) is 0 Å². The second-order valence-corrected chi connectivity index (χ2v) is 5.72. The lowest BCUT2D eigenvalue weighted by Crippen LogP contribution is -2.59. The van der Waals surface area contributed by atoms with Crippen molar-refractivity contribution in [3.05, 3.63) is 36.0 Å². The number of fused-ring (bicyclic) bond motifs is 1. The van der Waals surface area contributed by atoms with Crippen LogP contribution < -0.4 is 0 Å². The van der Waals surface area contributed by atoms with Crippen molar-refractivity contribution in [3.8, 4) is 0 Å². The van der Waals surface area contributed by atoms with Crippen molar-refractivity contribution >= 4 is 16.9 Å². The van der Waals surface area contributed by atoms with E-state index in [-0.39, 0.29) is 6.42 Å². The Bertz CT molecular complexity index is 715. The number of para-hydroxylation sites is 1. The molecule has 8 heteroatoms. The highest BCUT2D eigenvalue weighted by atomic mass is 16.7. The maximum atomic E-state index is 12.1. The first-order valence-corrected chi connectivity index (χ1v) is 7.56. The van der Waals surface area contributed by atoms with Gasteiger partial charge in [-0.05, 0) is 11.6 Å². The highest BCUT2D eigenvalue weighted by Gasteiger charge is 2.45. The maximum absolute atomic E-state index is 12.1. The number of aromatic nitrogens is 1. The zero-order chi connectivity index (χ0) is 17.3. The Balaban J connectivity index is 1.68. The summed E-state index contributed by atoms with van der Waals surface area (Å²) < 4.78 is 10.0. The van der Waals surface area contributed by atoms with Crippen LogP contribution in [0.15, 0.2) is 30.5 Å². The first-order chi connectivity index (χ1) is 11.5. The lowest BCUT2D eigenvalue weighted by molar-refractivity contribution is -0.290. The van der Waals surface area contributed by atoms with Crippen LogP contribution in [0.2, 0.25) is 0 Å². The van der Waals surface area contributed by atoms with E-state index in [9.17, 15) is 20.1 Å². The molecule has 2 heterocycles. The van der Waals surface area contributed by atoms with Crippen molar-refractivity contribution in [2.45, 2.75) is 37.1 Å². The summed E-state index contributed by atoms with van der Waals surface area (Å²) in [5, 5.41) is 39.5. The lowest BCUT2D eigenvalue weighted by Gasteiger charge is -2.39. The van der Waals surface area contributed by atoms with Gasteiger partial charge in [-0.2, -0.15) is 0 Å². The van der Waals surface area contributed by atoms with E-state index >= 15 is 0 Å². The molecule has 0 spiro atoms. The monoisotopic (exact) mass is 337 g/mol. The van der Waals surface area contributed by atoms with Gasteiger partial charge in [-0.3, -0.25) is 4.79 Å². The molecule has 5 N–H and O–H groups in total. The minimum absolute atomic E-state index is 0.0700. The molecule has 5 atom stereocenters. The highest BCUT2D eigenvalue weighted by molar-refractivity contribution is 5.87. The topological polar surface area (TPSA) is 132 Å². The van der Waals surface area contributed by atoms with E-state index < -0.39 is 43.3 Å². The summed E-state index contributed by atoms with van der Waals surface area (Å²) in [6, 6.07) is 7.44. The van der Waals surface area contributed by atoms with Crippen molar-refractivity contribution in [1.29, 1.82) is 0 Å². The Morgan fingerprint density at radius 1 is 1.21 bits per heavy atom. The van der Waals surface area contributed by atoms with Crippen LogP contribution in [0.3, 0.4) is 0 Å². The van der Waals surface area contributed by atoms with Gasteiger partial charge in [0.15, 0.2) is 12.4 Å². The molecule has 1 aliphatic heterocycles. The zero-order valence-corrected chi connectivity index (χ0v) is 12.7. The molecule has 130 valence electrons. The number of rotatable bonds is 4. The van der Waals surface area contributed by atoms with Crippen molar-refractivity contribution in [2.24, 2.45) is 0 Å². The largest absolute Gasteiger partial charge is 0.454 e. The van der Waals surface area contributed by atoms with Gasteiger partial charge in [0.25, 0.3) is 0 Å². The molecule has 24 heavy (non-hydrogen) atoms. The third-order valence-electron chi connectivity index (χ3n) is 4.12. The molecule has 0 amide bonds. The van der Waals surface area contributed by atoms with Gasteiger partial charge >= 0.3 is 5.97 Å². The molecular formula is C16H19NO7. The minimum atomic E-state index is -1.63. The zero-order valence-electron chi connectivity index (χ0n) is 12.7. The molecule has 1 aromatic carbocycles. The summed E-state index contributed by atoms with van der Waals surface area (Å²) in [6.45, 7) is -0.578. The van der Waals surface area contributed by atoms with Crippen molar-refractivity contribution in [1.82, 2.24) is 4.98 Å². The van der Waals surface area contributed by atoms with Gasteiger partial charge in [-0.15, -0.1) is 0 Å². The molecule has 2 aromatic rings. The fraction of sp³-hybridized carbons (Fsp3) is 0.438. The standard InChI is InChI=1S/C16H19NO7/c18-7-11-13(20)14(21)15(16(22)23-11)24-12(19)5-8-6-17-10-4-2-1-3-9(8)10/h1-4,6,11,13-18,20-22H,5,7H2/t11-,13-,14+,15-,16+/m1/s1. The molecule has 0 aliphatic carbocycles. The van der Waals surface area contributed by atoms with Crippen LogP contribution in [-0.2, 0) is 20.7 Å². The molecule has 1 fully saturated rings. The molecule has 0 radical (unpaired) electrons. The second kappa shape index (κ2) is 6.88. The molecule has 0 unspecified atom stereocenters. The first-order valence-electron chi connectivity index (χ1n) is 7.56. The average Bonchev–Trinajstić information content (AvgIpc) is 2.98. The molecule has 1 saturated heterocycles. The number of hydrogen-bond acceptors (Lipinski definition) is 7. The second-order valence-electron chi connectivity index (χ2n) is 5.72. The van der Waals surface area contributed by atoms with Crippen molar-refractivity contribution in [2.75, 3.05) is 6.61 Å². The van der Waals surface area contributed by atoms with Crippen LogP contribution in [0.1, 0.15) is 5.56 Å². The quantitative estimate of drug-likeness (QED) is 0.455. The summed E-state index contributed by atoms with van der Waals surface area (Å²) >= 11 is 0. The average molecular weight is 337 g/mol. The summed E-state index contributed by atoms with van der Waals surface area (Å²) in [5.41, 5.74) is 1.59. The predicted octanol–water partition coefficient (Wildman–Crippen LogP) is -0.947. The van der Waals surface area contributed by atoms with E-state index in [0.717, 1.165) is 10.9 Å². The van der Waals surface area contributed by atoms with Gasteiger partial charge < -0.3 is 34.9 Å². The van der Waals surface area contributed by atoms with E-state index in [1.807, 2.05) is 24.3 Å². The fourth-order valence-corrected chi connectivity index (χ4v) is 2.83. The van der Waals surface area contributed by atoms with Crippen LogP contribution >= 0.6 is 0 Å². The molecular weight excluding hydrogens is 318 g/mol. The molecule has 8 nitrogen and oxygen atoms in total. The van der Waals surface area contributed by atoms with Crippen LogP contribution in [-0.4, -0.2) is 68.7 Å². The molecule has 1 aliphatic rings. The number of hydrogen-bond donors (Lipinski definition) is 5. The van der Waals surface area contributed by atoms with Crippen LogP contribution in [0.4, 0.5) is 0 Å². The number of aliphatic hydroxyl groups is 4. The number of esters is 1. The minimum Gasteiger partial charge on any atom is -0.454 e. The Morgan fingerprint density at radius 2 is 1.96 bits per heavy atom. The van der Waals surface area contributed by atoms with Gasteiger partial charge in [0.05, 0.1) is 13.0 Å². The number of carbonyl (C=O) groups is 1. The van der Waals surface area contributed by atoms with Gasteiger partial charge in [-0.25, -0.2) is 0 Å². The number of ether oxygens (including phenoxy) is 2. The fourth-order valence-electron chi connectivity index (χ4n) is 2.83. The summed E-state index contributed by atoms with van der Waals surface area (Å²) in [4.78, 5) is 15.2. The van der Waals surface area contributed by atoms with E-state index in [2.05, 4.69) is 4.98 Å². The Kier molecular flexibility index (Phi) is 4.83. The number of carbonyl (C=O) groups excluding carboxylic acids is 1. The van der Waals surface area contributed by atoms with Crippen LogP contribution in [0.25, 0.3) is 10.9 Å². The molecule has 0 saturated carbocycles. The summed E-state index contributed by atoms with van der Waals surface area (Å²) in [7, 11) is 0. The van der Waals surface area contributed by atoms with Gasteiger partial charge in [0.1, 0.15) is 18.3 Å². The number of nitrogens with one attached hydrogen (secondary N) is 1. The van der Waals surface area contributed by atoms with Crippen molar-refractivity contribution in [3.63, 3.8) is 0 Å². The smallest absolute Gasteiger partial charge is 0.310 e. The summed E-state index contributed by atoms with van der Waals surface area (Å²) in [5.74, 6) is -0.680. The van der Waals surface area contributed by atoms with Gasteiger partial charge in [0.2, 0.25) is 0 Å². The van der Waals surface area contributed by atoms with Crippen molar-refractivity contribution < 1.29 is 34.7 Å². The van der Waals surface area contributed by atoms with E-state index in [0.29, 0.717) is 5.56 Å². The Morgan fingerprint density at radius 3 is 2.71 bits per heavy atom. The van der Waals surface area contributed by atoms with Gasteiger partial charge in [-0.1, -0.05) is 18.2 Å². The van der Waals surface area contributed by atoms with E-state index in [4.69, 9.17) is 14.6 Å².